The highest BCUT2D eigenvalue weighted by molar-refractivity contribution is 6.23. The molecular formula is C16H13NO5. The van der Waals surface area contributed by atoms with E-state index in [0.717, 1.165) is 0 Å². The average molecular weight is 299 g/mol. The first kappa shape index (κ1) is 12.2. The number of nitrogens with zero attached hydrogens (tertiary/aromatic N) is 1. The largest absolute Gasteiger partial charge is 0.454 e. The lowest BCUT2D eigenvalue weighted by atomic mass is 9.78. The first-order valence-electron chi connectivity index (χ1n) is 7.23. The number of hydrogen-bond acceptors (Lipinski definition) is 5. The summed E-state index contributed by atoms with van der Waals surface area (Å²) in [4.78, 5) is 26.8. The summed E-state index contributed by atoms with van der Waals surface area (Å²) in [6.45, 7) is 2.02. The highest BCUT2D eigenvalue weighted by Crippen LogP contribution is 2.52. The first-order valence-corrected chi connectivity index (χ1v) is 7.23. The molecule has 1 aromatic rings. The fraction of sp³-hybridized carbons (Fsp3) is 0.375. The minimum absolute atomic E-state index is 0.157. The zero-order valence-corrected chi connectivity index (χ0v) is 11.8. The number of hydrogen-bond donors (Lipinski definition) is 0. The van der Waals surface area contributed by atoms with Crippen LogP contribution in [0.1, 0.15) is 6.92 Å². The molecule has 0 N–H and O–H groups in total. The number of fused-ring (bicyclic) bond motifs is 6. The molecule has 2 amide bonds. The predicted octanol–water partition coefficient (Wildman–Crippen LogP) is 1.25. The standard InChI is InChI=1S/C16H13NO5/c1-16-5-4-10(22-16)12-13(16)15(19)17(14(12)18)8-2-3-9-11(6-8)21-7-20-9/h2-6,10,12-13H,7H2,1H3/t10-,12-,13-,16+/m1/s1. The summed E-state index contributed by atoms with van der Waals surface area (Å²) in [6, 6.07) is 5.11. The van der Waals surface area contributed by atoms with E-state index >= 15 is 0 Å². The molecule has 2 bridgehead atoms. The lowest BCUT2D eigenvalue weighted by Gasteiger charge is -2.24. The van der Waals surface area contributed by atoms with E-state index in [1.54, 1.807) is 18.2 Å². The summed E-state index contributed by atoms with van der Waals surface area (Å²) in [7, 11) is 0. The van der Waals surface area contributed by atoms with Gasteiger partial charge in [-0.2, -0.15) is 0 Å². The van der Waals surface area contributed by atoms with Gasteiger partial charge < -0.3 is 14.2 Å². The molecule has 4 heterocycles. The molecule has 2 fully saturated rings. The summed E-state index contributed by atoms with van der Waals surface area (Å²) >= 11 is 0. The lowest BCUT2D eigenvalue weighted by Crippen LogP contribution is -2.38. The smallest absolute Gasteiger partial charge is 0.241 e. The lowest BCUT2D eigenvalue weighted by molar-refractivity contribution is -0.126. The average Bonchev–Trinajstić information content (AvgIpc) is 3.20. The van der Waals surface area contributed by atoms with Crippen LogP contribution in [0.5, 0.6) is 11.5 Å². The van der Waals surface area contributed by atoms with Crippen molar-refractivity contribution in [2.75, 3.05) is 11.7 Å². The molecule has 0 saturated carbocycles. The highest BCUT2D eigenvalue weighted by atomic mass is 16.7. The molecule has 112 valence electrons. The van der Waals surface area contributed by atoms with Crippen LogP contribution in [-0.4, -0.2) is 30.3 Å². The molecule has 5 rings (SSSR count). The minimum Gasteiger partial charge on any atom is -0.454 e. The molecule has 0 spiro atoms. The topological polar surface area (TPSA) is 65.1 Å². The fourth-order valence-electron chi connectivity index (χ4n) is 3.93. The van der Waals surface area contributed by atoms with Crippen molar-refractivity contribution in [3.63, 3.8) is 0 Å². The van der Waals surface area contributed by atoms with Crippen molar-refractivity contribution in [1.82, 2.24) is 0 Å². The highest BCUT2D eigenvalue weighted by Gasteiger charge is 2.66. The van der Waals surface area contributed by atoms with Crippen LogP contribution in [0.3, 0.4) is 0 Å². The summed E-state index contributed by atoms with van der Waals surface area (Å²) < 4.78 is 16.4. The van der Waals surface area contributed by atoms with Gasteiger partial charge in [-0.3, -0.25) is 9.59 Å². The molecule has 0 aliphatic carbocycles. The molecule has 1 aromatic carbocycles. The summed E-state index contributed by atoms with van der Waals surface area (Å²) in [5.74, 6) is -0.0951. The van der Waals surface area contributed by atoms with E-state index in [1.807, 2.05) is 19.1 Å². The Balaban J connectivity index is 1.58. The van der Waals surface area contributed by atoms with E-state index in [9.17, 15) is 9.59 Å². The zero-order chi connectivity index (χ0) is 15.1. The van der Waals surface area contributed by atoms with Crippen LogP contribution in [0.2, 0.25) is 0 Å². The van der Waals surface area contributed by atoms with Crippen LogP contribution in [0, 0.1) is 11.8 Å². The van der Waals surface area contributed by atoms with Gasteiger partial charge in [-0.25, -0.2) is 4.90 Å². The van der Waals surface area contributed by atoms with Gasteiger partial charge in [-0.15, -0.1) is 0 Å². The molecule has 2 saturated heterocycles. The second-order valence-corrected chi connectivity index (χ2v) is 6.18. The number of rotatable bonds is 1. The molecule has 22 heavy (non-hydrogen) atoms. The quantitative estimate of drug-likeness (QED) is 0.577. The van der Waals surface area contributed by atoms with Gasteiger partial charge in [0.2, 0.25) is 18.6 Å². The third kappa shape index (κ3) is 1.29. The number of benzene rings is 1. The summed E-state index contributed by atoms with van der Waals surface area (Å²) in [5, 5.41) is 0. The number of carbonyl (C=O) groups is 2. The van der Waals surface area contributed by atoms with Gasteiger partial charge in [0.05, 0.1) is 29.2 Å². The Bertz CT molecular complexity index is 757. The molecule has 4 atom stereocenters. The summed E-state index contributed by atoms with van der Waals surface area (Å²) in [6.07, 6.45) is 3.48. The van der Waals surface area contributed by atoms with E-state index in [0.29, 0.717) is 17.2 Å². The van der Waals surface area contributed by atoms with Gasteiger partial charge in [-0.05, 0) is 19.1 Å². The van der Waals surface area contributed by atoms with Gasteiger partial charge in [0.25, 0.3) is 0 Å². The Morgan fingerprint density at radius 1 is 1.18 bits per heavy atom. The van der Waals surface area contributed by atoms with Crippen molar-refractivity contribution >= 4 is 17.5 Å². The maximum atomic E-state index is 12.8. The van der Waals surface area contributed by atoms with Gasteiger partial charge in [-0.1, -0.05) is 12.2 Å². The molecule has 0 radical (unpaired) electrons. The van der Waals surface area contributed by atoms with Gasteiger partial charge in [0, 0.05) is 6.07 Å². The number of carbonyl (C=O) groups excluding carboxylic acids is 2. The number of anilines is 1. The fourth-order valence-corrected chi connectivity index (χ4v) is 3.93. The van der Waals surface area contributed by atoms with Crippen molar-refractivity contribution in [3.05, 3.63) is 30.4 Å². The van der Waals surface area contributed by atoms with E-state index in [1.165, 1.54) is 4.90 Å². The maximum Gasteiger partial charge on any atom is 0.241 e. The zero-order valence-electron chi connectivity index (χ0n) is 11.8. The Kier molecular flexibility index (Phi) is 2.06. The van der Waals surface area contributed by atoms with Crippen LogP contribution in [0.25, 0.3) is 0 Å². The van der Waals surface area contributed by atoms with Crippen molar-refractivity contribution in [1.29, 1.82) is 0 Å². The van der Waals surface area contributed by atoms with Gasteiger partial charge >= 0.3 is 0 Å². The molecule has 6 nitrogen and oxygen atoms in total. The Labute approximate surface area is 126 Å². The van der Waals surface area contributed by atoms with Crippen LogP contribution in [-0.2, 0) is 14.3 Å². The van der Waals surface area contributed by atoms with E-state index in [2.05, 4.69) is 0 Å². The molecule has 0 unspecified atom stereocenters. The van der Waals surface area contributed by atoms with Crippen molar-refractivity contribution < 1.29 is 23.8 Å². The summed E-state index contributed by atoms with van der Waals surface area (Å²) in [5.41, 5.74) is -0.149. The van der Waals surface area contributed by atoms with Gasteiger partial charge in [0.1, 0.15) is 0 Å². The molecule has 0 aromatic heterocycles. The molecule has 4 aliphatic rings. The second-order valence-electron chi connectivity index (χ2n) is 6.18. The second kappa shape index (κ2) is 3.70. The number of imide groups is 1. The monoisotopic (exact) mass is 299 g/mol. The van der Waals surface area contributed by atoms with Crippen molar-refractivity contribution in [3.8, 4) is 11.5 Å². The third-order valence-electron chi connectivity index (χ3n) is 4.94. The molecule has 6 heteroatoms. The predicted molar refractivity (Wildman–Crippen MR) is 74.5 cm³/mol. The Hall–Kier alpha value is -2.34. The molecule has 4 aliphatic heterocycles. The number of ether oxygens (including phenoxy) is 3. The van der Waals surface area contributed by atoms with Crippen LogP contribution in [0.15, 0.2) is 30.4 Å². The van der Waals surface area contributed by atoms with E-state index in [4.69, 9.17) is 14.2 Å². The van der Waals surface area contributed by atoms with E-state index < -0.39 is 17.4 Å². The van der Waals surface area contributed by atoms with Gasteiger partial charge in [0.15, 0.2) is 11.5 Å². The van der Waals surface area contributed by atoms with Crippen LogP contribution >= 0.6 is 0 Å². The maximum absolute atomic E-state index is 12.8. The molecular weight excluding hydrogens is 286 g/mol. The van der Waals surface area contributed by atoms with Crippen molar-refractivity contribution in [2.45, 2.75) is 18.6 Å². The minimum atomic E-state index is -0.673. The van der Waals surface area contributed by atoms with Crippen molar-refractivity contribution in [2.24, 2.45) is 11.8 Å². The van der Waals surface area contributed by atoms with E-state index in [-0.39, 0.29) is 24.7 Å². The van der Waals surface area contributed by atoms with Crippen LogP contribution in [0.4, 0.5) is 5.69 Å². The first-order chi connectivity index (χ1) is 10.6. The Morgan fingerprint density at radius 2 is 2.00 bits per heavy atom. The van der Waals surface area contributed by atoms with Crippen LogP contribution < -0.4 is 14.4 Å². The third-order valence-corrected chi connectivity index (χ3v) is 4.94. The number of amides is 2. The SMILES string of the molecule is C[C@@]12C=C[C@@H](O1)[C@H]1C(=O)N(c3ccc4c(c3)OCO4)C(=O)[C@@H]12. The normalized spacial score (nSPS) is 37.3. The Morgan fingerprint density at radius 3 is 2.82 bits per heavy atom.